The Morgan fingerprint density at radius 2 is 2.15 bits per heavy atom. The maximum absolute atomic E-state index is 11.9. The van der Waals surface area contributed by atoms with Gasteiger partial charge < -0.3 is 15.8 Å². The van der Waals surface area contributed by atoms with Gasteiger partial charge in [0.2, 0.25) is 5.91 Å². The molecule has 4 nitrogen and oxygen atoms in total. The van der Waals surface area contributed by atoms with Gasteiger partial charge in [-0.2, -0.15) is 0 Å². The Kier molecular flexibility index (Phi) is 8.86. The van der Waals surface area contributed by atoms with Crippen molar-refractivity contribution < 1.29 is 9.53 Å². The molecule has 1 aliphatic rings. The fourth-order valence-corrected chi connectivity index (χ4v) is 3.12. The van der Waals surface area contributed by atoms with E-state index in [1.54, 1.807) is 0 Å². The summed E-state index contributed by atoms with van der Waals surface area (Å²) in [5.41, 5.74) is 5.62. The fourth-order valence-electron chi connectivity index (χ4n) is 3.12. The first-order chi connectivity index (χ1) is 9.71. The van der Waals surface area contributed by atoms with Gasteiger partial charge in [0.25, 0.3) is 0 Å². The second-order valence-electron chi connectivity index (χ2n) is 5.94. The third kappa shape index (κ3) is 6.23. The Bertz CT molecular complexity index is 265. The zero-order valence-electron chi connectivity index (χ0n) is 13.2. The van der Waals surface area contributed by atoms with Crippen LogP contribution >= 0.6 is 0 Å². The number of hydrogen-bond acceptors (Lipinski definition) is 3. The van der Waals surface area contributed by atoms with Crippen molar-refractivity contribution in [3.05, 3.63) is 0 Å². The van der Waals surface area contributed by atoms with Gasteiger partial charge >= 0.3 is 0 Å². The molecule has 1 aliphatic heterocycles. The molecule has 4 heteroatoms. The minimum Gasteiger partial charge on any atom is -0.378 e. The van der Waals surface area contributed by atoms with Crippen molar-refractivity contribution in [3.63, 3.8) is 0 Å². The third-order valence-corrected chi connectivity index (χ3v) is 4.36. The number of hydrogen-bond donors (Lipinski definition) is 2. The topological polar surface area (TPSA) is 64.4 Å². The van der Waals surface area contributed by atoms with Crippen LogP contribution in [0.25, 0.3) is 0 Å². The predicted molar refractivity (Wildman–Crippen MR) is 82.5 cm³/mol. The molecule has 0 aliphatic carbocycles. The van der Waals surface area contributed by atoms with Gasteiger partial charge in [0, 0.05) is 25.5 Å². The van der Waals surface area contributed by atoms with Crippen molar-refractivity contribution in [2.45, 2.75) is 64.9 Å². The minimum atomic E-state index is 0.185. The molecule has 1 saturated heterocycles. The lowest BCUT2D eigenvalue weighted by atomic mass is 9.94. The summed E-state index contributed by atoms with van der Waals surface area (Å²) >= 11 is 0. The summed E-state index contributed by atoms with van der Waals surface area (Å²) in [6.07, 6.45) is 7.43. The Morgan fingerprint density at radius 3 is 2.80 bits per heavy atom. The Hall–Kier alpha value is -0.610. The normalized spacial score (nSPS) is 23.8. The zero-order chi connectivity index (χ0) is 14.8. The van der Waals surface area contributed by atoms with E-state index < -0.39 is 0 Å². The standard InChI is InChI=1S/C16H32N2O2/c1-3-5-13(8-10-17)6-7-16(19)18-12-14-9-11-20-15(14)4-2/h13-15H,3-12,17H2,1-2H3,(H,18,19). The number of carbonyl (C=O) groups excluding carboxylic acids is 1. The summed E-state index contributed by atoms with van der Waals surface area (Å²) in [6, 6.07) is 0. The largest absolute Gasteiger partial charge is 0.378 e. The molecule has 0 aromatic heterocycles. The summed E-state index contributed by atoms with van der Waals surface area (Å²) in [5.74, 6) is 1.29. The summed E-state index contributed by atoms with van der Waals surface area (Å²) in [6.45, 7) is 6.67. The van der Waals surface area contributed by atoms with E-state index in [9.17, 15) is 4.79 Å². The number of nitrogens with two attached hydrogens (primary N) is 1. The number of amides is 1. The molecule has 0 aromatic carbocycles. The van der Waals surface area contributed by atoms with Crippen molar-refractivity contribution in [2.24, 2.45) is 17.6 Å². The van der Waals surface area contributed by atoms with Crippen molar-refractivity contribution in [1.82, 2.24) is 5.32 Å². The van der Waals surface area contributed by atoms with Gasteiger partial charge in [-0.15, -0.1) is 0 Å². The maximum Gasteiger partial charge on any atom is 0.220 e. The van der Waals surface area contributed by atoms with E-state index in [2.05, 4.69) is 19.2 Å². The number of carbonyl (C=O) groups is 1. The monoisotopic (exact) mass is 284 g/mol. The first kappa shape index (κ1) is 17.4. The summed E-state index contributed by atoms with van der Waals surface area (Å²) in [4.78, 5) is 11.9. The molecule has 118 valence electrons. The first-order valence-electron chi connectivity index (χ1n) is 8.29. The Balaban J connectivity index is 2.19. The number of rotatable bonds is 10. The quantitative estimate of drug-likeness (QED) is 0.647. The minimum absolute atomic E-state index is 0.185. The molecule has 0 radical (unpaired) electrons. The first-order valence-corrected chi connectivity index (χ1v) is 8.29. The molecular weight excluding hydrogens is 252 g/mol. The highest BCUT2D eigenvalue weighted by atomic mass is 16.5. The lowest BCUT2D eigenvalue weighted by Gasteiger charge is -2.18. The molecule has 1 amide bonds. The molecule has 0 spiro atoms. The van der Waals surface area contributed by atoms with Crippen LogP contribution in [0.2, 0.25) is 0 Å². The number of ether oxygens (including phenoxy) is 1. The van der Waals surface area contributed by atoms with Gasteiger partial charge in [-0.25, -0.2) is 0 Å². The van der Waals surface area contributed by atoms with Crippen molar-refractivity contribution >= 4 is 5.91 Å². The van der Waals surface area contributed by atoms with Crippen LogP contribution < -0.4 is 11.1 Å². The average molecular weight is 284 g/mol. The molecule has 0 aromatic rings. The van der Waals surface area contributed by atoms with Gasteiger partial charge in [0.15, 0.2) is 0 Å². The summed E-state index contributed by atoms with van der Waals surface area (Å²) in [5, 5.41) is 3.08. The number of nitrogens with one attached hydrogen (secondary N) is 1. The Morgan fingerprint density at radius 1 is 1.35 bits per heavy atom. The summed E-state index contributed by atoms with van der Waals surface area (Å²) in [7, 11) is 0. The van der Waals surface area contributed by atoms with Crippen LogP contribution in [-0.2, 0) is 9.53 Å². The van der Waals surface area contributed by atoms with Crippen LogP contribution in [0.15, 0.2) is 0 Å². The van der Waals surface area contributed by atoms with Crippen LogP contribution in [0.3, 0.4) is 0 Å². The molecule has 1 rings (SSSR count). The molecule has 20 heavy (non-hydrogen) atoms. The molecule has 0 saturated carbocycles. The van der Waals surface area contributed by atoms with Crippen molar-refractivity contribution in [1.29, 1.82) is 0 Å². The molecule has 0 bridgehead atoms. The summed E-state index contributed by atoms with van der Waals surface area (Å²) < 4.78 is 5.64. The molecule has 1 fully saturated rings. The van der Waals surface area contributed by atoms with Crippen molar-refractivity contribution in [3.8, 4) is 0 Å². The van der Waals surface area contributed by atoms with E-state index >= 15 is 0 Å². The third-order valence-electron chi connectivity index (χ3n) is 4.36. The maximum atomic E-state index is 11.9. The van der Waals surface area contributed by atoms with E-state index in [0.717, 1.165) is 45.4 Å². The highest BCUT2D eigenvalue weighted by Gasteiger charge is 2.26. The average Bonchev–Trinajstić information content (AvgIpc) is 2.90. The molecular formula is C16H32N2O2. The SMILES string of the molecule is CCCC(CCN)CCC(=O)NCC1CCOC1CC. The molecule has 3 unspecified atom stereocenters. The molecule has 3 atom stereocenters. The highest BCUT2D eigenvalue weighted by molar-refractivity contribution is 5.75. The van der Waals surface area contributed by atoms with Gasteiger partial charge in [-0.3, -0.25) is 4.79 Å². The molecule has 1 heterocycles. The predicted octanol–water partition coefficient (Wildman–Crippen LogP) is 2.46. The fraction of sp³-hybridized carbons (Fsp3) is 0.938. The Labute approximate surface area is 123 Å². The van der Waals surface area contributed by atoms with Gasteiger partial charge in [-0.05, 0) is 38.1 Å². The van der Waals surface area contributed by atoms with Crippen LogP contribution in [0.5, 0.6) is 0 Å². The van der Waals surface area contributed by atoms with E-state index in [-0.39, 0.29) is 5.91 Å². The van der Waals surface area contributed by atoms with E-state index in [0.29, 0.717) is 24.4 Å². The van der Waals surface area contributed by atoms with Crippen LogP contribution in [0.4, 0.5) is 0 Å². The smallest absolute Gasteiger partial charge is 0.220 e. The second-order valence-corrected chi connectivity index (χ2v) is 5.94. The highest BCUT2D eigenvalue weighted by Crippen LogP contribution is 2.22. The van der Waals surface area contributed by atoms with E-state index in [1.807, 2.05) is 0 Å². The van der Waals surface area contributed by atoms with E-state index in [4.69, 9.17) is 10.5 Å². The van der Waals surface area contributed by atoms with Gasteiger partial charge in [-0.1, -0.05) is 26.7 Å². The van der Waals surface area contributed by atoms with Crippen molar-refractivity contribution in [2.75, 3.05) is 19.7 Å². The molecule has 3 N–H and O–H groups in total. The van der Waals surface area contributed by atoms with Crippen LogP contribution in [-0.4, -0.2) is 31.7 Å². The lowest BCUT2D eigenvalue weighted by Crippen LogP contribution is -2.32. The van der Waals surface area contributed by atoms with Gasteiger partial charge in [0.1, 0.15) is 0 Å². The zero-order valence-corrected chi connectivity index (χ0v) is 13.2. The van der Waals surface area contributed by atoms with Crippen LogP contribution in [0.1, 0.15) is 58.8 Å². The lowest BCUT2D eigenvalue weighted by molar-refractivity contribution is -0.121. The second kappa shape index (κ2) is 10.2. The van der Waals surface area contributed by atoms with Gasteiger partial charge in [0.05, 0.1) is 6.10 Å². The van der Waals surface area contributed by atoms with Crippen LogP contribution in [0, 0.1) is 11.8 Å². The van der Waals surface area contributed by atoms with E-state index in [1.165, 1.54) is 12.8 Å².